The summed E-state index contributed by atoms with van der Waals surface area (Å²) >= 11 is 3.35. The van der Waals surface area contributed by atoms with Crippen molar-refractivity contribution in [3.63, 3.8) is 0 Å². The Morgan fingerprint density at radius 3 is 2.87 bits per heavy atom. The van der Waals surface area contributed by atoms with Crippen molar-refractivity contribution in [3.05, 3.63) is 41.0 Å². The predicted molar refractivity (Wildman–Crippen MR) is 61.8 cm³/mol. The van der Waals surface area contributed by atoms with Crippen LogP contribution in [0.25, 0.3) is 5.82 Å². The maximum Gasteiger partial charge on any atom is 0.138 e. The van der Waals surface area contributed by atoms with Gasteiger partial charge >= 0.3 is 0 Å². The van der Waals surface area contributed by atoms with E-state index in [-0.39, 0.29) is 0 Å². The molecule has 0 unspecified atom stereocenters. The minimum atomic E-state index is 0.591. The molecule has 0 bridgehead atoms. The SMILES string of the molecule is NCCc1nccn1-c1ccc(Br)cn1. The van der Waals surface area contributed by atoms with Gasteiger partial charge in [0, 0.05) is 29.5 Å². The number of halogens is 1. The average molecular weight is 267 g/mol. The third kappa shape index (κ3) is 2.24. The Kier molecular flexibility index (Phi) is 3.13. The zero-order chi connectivity index (χ0) is 10.7. The second-order valence-corrected chi connectivity index (χ2v) is 4.00. The first-order valence-electron chi connectivity index (χ1n) is 4.65. The molecule has 0 aromatic carbocycles. The van der Waals surface area contributed by atoms with Crippen LogP contribution in [-0.4, -0.2) is 21.1 Å². The predicted octanol–water partition coefficient (Wildman–Crippen LogP) is 1.53. The van der Waals surface area contributed by atoms with E-state index in [0.29, 0.717) is 6.54 Å². The first kappa shape index (κ1) is 10.3. The molecule has 0 radical (unpaired) electrons. The number of hydrogen-bond acceptors (Lipinski definition) is 3. The Balaban J connectivity index is 2.36. The maximum absolute atomic E-state index is 5.51. The highest BCUT2D eigenvalue weighted by Gasteiger charge is 2.04. The van der Waals surface area contributed by atoms with Gasteiger partial charge in [0.2, 0.25) is 0 Å². The van der Waals surface area contributed by atoms with E-state index in [1.54, 1.807) is 12.4 Å². The van der Waals surface area contributed by atoms with Gasteiger partial charge in [-0.25, -0.2) is 9.97 Å². The van der Waals surface area contributed by atoms with E-state index >= 15 is 0 Å². The van der Waals surface area contributed by atoms with E-state index in [0.717, 1.165) is 22.5 Å². The van der Waals surface area contributed by atoms with Gasteiger partial charge in [-0.2, -0.15) is 0 Å². The summed E-state index contributed by atoms with van der Waals surface area (Å²) in [4.78, 5) is 8.53. The minimum Gasteiger partial charge on any atom is -0.330 e. The molecule has 0 spiro atoms. The molecule has 0 aliphatic heterocycles. The highest BCUT2D eigenvalue weighted by atomic mass is 79.9. The molecule has 0 atom stereocenters. The van der Waals surface area contributed by atoms with Gasteiger partial charge in [0.25, 0.3) is 0 Å². The van der Waals surface area contributed by atoms with E-state index in [2.05, 4.69) is 25.9 Å². The number of hydrogen-bond donors (Lipinski definition) is 1. The number of imidazole rings is 1. The Labute approximate surface area is 96.3 Å². The van der Waals surface area contributed by atoms with Crippen LogP contribution < -0.4 is 5.73 Å². The van der Waals surface area contributed by atoms with Gasteiger partial charge in [0.15, 0.2) is 0 Å². The molecule has 15 heavy (non-hydrogen) atoms. The van der Waals surface area contributed by atoms with Gasteiger partial charge in [-0.3, -0.25) is 4.57 Å². The van der Waals surface area contributed by atoms with Gasteiger partial charge in [0.1, 0.15) is 11.6 Å². The third-order valence-corrected chi connectivity index (χ3v) is 2.51. The lowest BCUT2D eigenvalue weighted by atomic mass is 10.4. The molecule has 5 heteroatoms. The quantitative estimate of drug-likeness (QED) is 0.917. The van der Waals surface area contributed by atoms with Crippen molar-refractivity contribution in [2.24, 2.45) is 5.73 Å². The van der Waals surface area contributed by atoms with E-state index in [4.69, 9.17) is 5.73 Å². The van der Waals surface area contributed by atoms with Crippen LogP contribution in [0.4, 0.5) is 0 Å². The molecule has 0 saturated heterocycles. The van der Waals surface area contributed by atoms with Crippen molar-refractivity contribution < 1.29 is 0 Å². The lowest BCUT2D eigenvalue weighted by molar-refractivity contribution is 0.823. The van der Waals surface area contributed by atoms with Gasteiger partial charge < -0.3 is 5.73 Å². The second-order valence-electron chi connectivity index (χ2n) is 3.09. The number of aromatic nitrogens is 3. The molecule has 0 fully saturated rings. The van der Waals surface area contributed by atoms with E-state index in [1.165, 1.54) is 0 Å². The summed E-state index contributed by atoms with van der Waals surface area (Å²) in [5, 5.41) is 0. The van der Waals surface area contributed by atoms with Crippen LogP contribution in [0, 0.1) is 0 Å². The smallest absolute Gasteiger partial charge is 0.138 e. The van der Waals surface area contributed by atoms with E-state index in [1.807, 2.05) is 22.9 Å². The summed E-state index contributed by atoms with van der Waals surface area (Å²) in [6, 6.07) is 3.89. The number of rotatable bonds is 3. The fourth-order valence-corrected chi connectivity index (χ4v) is 1.60. The summed E-state index contributed by atoms with van der Waals surface area (Å²) in [5.41, 5.74) is 5.51. The Morgan fingerprint density at radius 2 is 2.20 bits per heavy atom. The van der Waals surface area contributed by atoms with E-state index < -0.39 is 0 Å². The lowest BCUT2D eigenvalue weighted by Gasteiger charge is -2.05. The normalized spacial score (nSPS) is 10.5. The van der Waals surface area contributed by atoms with Crippen molar-refractivity contribution in [1.82, 2.24) is 14.5 Å². The second kappa shape index (κ2) is 4.55. The van der Waals surface area contributed by atoms with Crippen molar-refractivity contribution in [2.45, 2.75) is 6.42 Å². The van der Waals surface area contributed by atoms with Crippen LogP contribution in [0.5, 0.6) is 0 Å². The van der Waals surface area contributed by atoms with Crippen LogP contribution in [0.15, 0.2) is 35.2 Å². The summed E-state index contributed by atoms with van der Waals surface area (Å²) < 4.78 is 2.91. The molecule has 0 aliphatic carbocycles. The number of pyridine rings is 1. The highest BCUT2D eigenvalue weighted by molar-refractivity contribution is 9.10. The highest BCUT2D eigenvalue weighted by Crippen LogP contribution is 2.12. The molecular formula is C10H11BrN4. The fourth-order valence-electron chi connectivity index (χ4n) is 1.37. The first-order chi connectivity index (χ1) is 7.31. The first-order valence-corrected chi connectivity index (χ1v) is 5.45. The summed E-state index contributed by atoms with van der Waals surface area (Å²) in [5.74, 6) is 1.80. The molecule has 2 rings (SSSR count). The van der Waals surface area contributed by atoms with E-state index in [9.17, 15) is 0 Å². The van der Waals surface area contributed by atoms with Gasteiger partial charge in [0.05, 0.1) is 0 Å². The van der Waals surface area contributed by atoms with Crippen LogP contribution in [-0.2, 0) is 6.42 Å². The van der Waals surface area contributed by atoms with Crippen molar-refractivity contribution in [3.8, 4) is 5.82 Å². The van der Waals surface area contributed by atoms with Gasteiger partial charge in [-0.05, 0) is 34.6 Å². The Bertz CT molecular complexity index is 435. The van der Waals surface area contributed by atoms with Crippen LogP contribution in [0.2, 0.25) is 0 Å². The average Bonchev–Trinajstić information content (AvgIpc) is 2.68. The summed E-state index contributed by atoms with van der Waals surface area (Å²) in [6.07, 6.45) is 6.17. The van der Waals surface area contributed by atoms with Crippen LogP contribution >= 0.6 is 15.9 Å². The van der Waals surface area contributed by atoms with Crippen molar-refractivity contribution >= 4 is 15.9 Å². The van der Waals surface area contributed by atoms with Crippen LogP contribution in [0.1, 0.15) is 5.82 Å². The molecule has 2 heterocycles. The largest absolute Gasteiger partial charge is 0.330 e. The maximum atomic E-state index is 5.51. The molecule has 0 amide bonds. The third-order valence-electron chi connectivity index (χ3n) is 2.04. The molecule has 0 saturated carbocycles. The summed E-state index contributed by atoms with van der Waals surface area (Å²) in [6.45, 7) is 0.591. The van der Waals surface area contributed by atoms with Crippen LogP contribution in [0.3, 0.4) is 0 Å². The fraction of sp³-hybridized carbons (Fsp3) is 0.200. The number of nitrogens with zero attached hydrogens (tertiary/aromatic N) is 3. The zero-order valence-electron chi connectivity index (χ0n) is 8.10. The minimum absolute atomic E-state index is 0.591. The molecule has 2 aromatic rings. The molecule has 2 N–H and O–H groups in total. The molecule has 78 valence electrons. The molecule has 2 aromatic heterocycles. The lowest BCUT2D eigenvalue weighted by Crippen LogP contribution is -2.09. The zero-order valence-corrected chi connectivity index (χ0v) is 9.68. The molecular weight excluding hydrogens is 256 g/mol. The van der Waals surface area contributed by atoms with Crippen molar-refractivity contribution in [1.29, 1.82) is 0 Å². The molecule has 4 nitrogen and oxygen atoms in total. The Hall–Kier alpha value is -1.20. The molecule has 0 aliphatic rings. The monoisotopic (exact) mass is 266 g/mol. The standard InChI is InChI=1S/C10H11BrN4/c11-8-1-2-9(14-7-8)15-6-5-13-10(15)3-4-12/h1-2,5-7H,3-4,12H2. The van der Waals surface area contributed by atoms with Crippen molar-refractivity contribution in [2.75, 3.05) is 6.54 Å². The summed E-state index contributed by atoms with van der Waals surface area (Å²) in [7, 11) is 0. The Morgan fingerprint density at radius 1 is 1.33 bits per heavy atom. The van der Waals surface area contributed by atoms with Gasteiger partial charge in [-0.1, -0.05) is 0 Å². The topological polar surface area (TPSA) is 56.7 Å². The number of nitrogens with two attached hydrogens (primary N) is 1. The van der Waals surface area contributed by atoms with Gasteiger partial charge in [-0.15, -0.1) is 0 Å².